The van der Waals surface area contributed by atoms with E-state index in [4.69, 9.17) is 14.5 Å². The molecular weight excluding hydrogens is 378 g/mol. The molecule has 3 aromatic rings. The van der Waals surface area contributed by atoms with E-state index < -0.39 is 0 Å². The number of aryl methyl sites for hydroxylation is 1. The number of aromatic nitrogens is 2. The third kappa shape index (κ3) is 5.86. The molecule has 0 atom stereocenters. The van der Waals surface area contributed by atoms with Crippen LogP contribution in [0.5, 0.6) is 11.5 Å². The van der Waals surface area contributed by atoms with Crippen LogP contribution in [0.1, 0.15) is 25.1 Å². The number of methoxy groups -OCH3 is 1. The van der Waals surface area contributed by atoms with Gasteiger partial charge in [-0.15, -0.1) is 0 Å². The molecule has 3 rings (SSSR count). The maximum absolute atomic E-state index is 11.2. The van der Waals surface area contributed by atoms with E-state index in [2.05, 4.69) is 22.5 Å². The summed E-state index contributed by atoms with van der Waals surface area (Å²) >= 11 is 0. The lowest BCUT2D eigenvalue weighted by molar-refractivity contribution is -0.116. The number of hydrogen-bond donors (Lipinski definition) is 1. The second kappa shape index (κ2) is 11.0. The Balaban J connectivity index is 1.57. The second-order valence-electron chi connectivity index (χ2n) is 7.00. The monoisotopic (exact) mass is 407 g/mol. The number of hydrogen-bond acceptors (Lipinski definition) is 4. The molecule has 30 heavy (non-hydrogen) atoms. The minimum atomic E-state index is -0.118. The molecule has 0 saturated heterocycles. The average molecular weight is 408 g/mol. The number of ether oxygens (including phenoxy) is 2. The van der Waals surface area contributed by atoms with Crippen molar-refractivity contribution in [1.82, 2.24) is 14.9 Å². The third-order valence-corrected chi connectivity index (χ3v) is 4.92. The lowest BCUT2D eigenvalue weighted by Gasteiger charge is -2.11. The average Bonchev–Trinajstić information content (AvgIpc) is 3.13. The molecule has 0 spiro atoms. The molecule has 2 aromatic carbocycles. The van der Waals surface area contributed by atoms with Crippen molar-refractivity contribution in [3.8, 4) is 11.5 Å². The van der Waals surface area contributed by atoms with Gasteiger partial charge in [0.2, 0.25) is 5.91 Å². The standard InChI is InChI=1S/C24H29N3O3/c1-3-24(28)25-15-8-4-5-14-23-26-21-12-6-7-13-22(21)27(23)16-17-30-20-11-9-10-19(18-20)29-2/h3,6-7,9-13,18H,1,4-5,8,14-17H2,2H3,(H,25,28). The molecule has 158 valence electrons. The van der Waals surface area contributed by atoms with Gasteiger partial charge >= 0.3 is 0 Å². The third-order valence-electron chi connectivity index (χ3n) is 4.92. The van der Waals surface area contributed by atoms with E-state index in [1.54, 1.807) is 7.11 Å². The number of benzene rings is 2. The number of amides is 1. The van der Waals surface area contributed by atoms with Crippen LogP contribution in [0.4, 0.5) is 0 Å². The summed E-state index contributed by atoms with van der Waals surface area (Å²) in [7, 11) is 1.65. The van der Waals surface area contributed by atoms with Crippen LogP contribution in [-0.2, 0) is 17.8 Å². The highest BCUT2D eigenvalue weighted by Crippen LogP contribution is 2.20. The van der Waals surface area contributed by atoms with E-state index in [0.717, 1.165) is 60.6 Å². The highest BCUT2D eigenvalue weighted by molar-refractivity contribution is 5.86. The van der Waals surface area contributed by atoms with E-state index >= 15 is 0 Å². The number of fused-ring (bicyclic) bond motifs is 1. The maximum atomic E-state index is 11.2. The lowest BCUT2D eigenvalue weighted by Crippen LogP contribution is -2.21. The van der Waals surface area contributed by atoms with Crippen molar-refractivity contribution < 1.29 is 14.3 Å². The summed E-state index contributed by atoms with van der Waals surface area (Å²) in [6, 6.07) is 15.8. The summed E-state index contributed by atoms with van der Waals surface area (Å²) in [6.07, 6.45) is 5.18. The number of para-hydroxylation sites is 2. The first-order valence-corrected chi connectivity index (χ1v) is 10.3. The van der Waals surface area contributed by atoms with Gasteiger partial charge in [0.1, 0.15) is 23.9 Å². The topological polar surface area (TPSA) is 65.4 Å². The second-order valence-corrected chi connectivity index (χ2v) is 7.00. The van der Waals surface area contributed by atoms with Gasteiger partial charge in [0.05, 0.1) is 24.7 Å². The van der Waals surface area contributed by atoms with E-state index in [1.165, 1.54) is 6.08 Å². The smallest absolute Gasteiger partial charge is 0.243 e. The van der Waals surface area contributed by atoms with E-state index in [0.29, 0.717) is 13.2 Å². The van der Waals surface area contributed by atoms with Crippen LogP contribution >= 0.6 is 0 Å². The highest BCUT2D eigenvalue weighted by Gasteiger charge is 2.10. The fourth-order valence-electron chi connectivity index (χ4n) is 3.38. The molecule has 6 heteroatoms. The zero-order valence-corrected chi connectivity index (χ0v) is 17.5. The number of nitrogens with zero attached hydrogens (tertiary/aromatic N) is 2. The number of imidazole rings is 1. The Morgan fingerprint density at radius 1 is 1.13 bits per heavy atom. The van der Waals surface area contributed by atoms with E-state index in [9.17, 15) is 4.79 Å². The first kappa shape index (κ1) is 21.4. The Labute approximate surface area is 177 Å². The molecule has 0 radical (unpaired) electrons. The van der Waals surface area contributed by atoms with Crippen LogP contribution in [0.25, 0.3) is 11.0 Å². The molecule has 0 unspecified atom stereocenters. The molecule has 1 amide bonds. The van der Waals surface area contributed by atoms with Gasteiger partial charge in [-0.25, -0.2) is 4.98 Å². The Kier molecular flexibility index (Phi) is 7.89. The van der Waals surface area contributed by atoms with Crippen LogP contribution in [0, 0.1) is 0 Å². The van der Waals surface area contributed by atoms with Crippen molar-refractivity contribution in [3.05, 3.63) is 67.0 Å². The maximum Gasteiger partial charge on any atom is 0.243 e. The molecular formula is C24H29N3O3. The summed E-state index contributed by atoms with van der Waals surface area (Å²) < 4.78 is 13.4. The van der Waals surface area contributed by atoms with Crippen molar-refractivity contribution in [3.63, 3.8) is 0 Å². The number of carbonyl (C=O) groups excluding carboxylic acids is 1. The summed E-state index contributed by atoms with van der Waals surface area (Å²) in [6.45, 7) is 5.41. The van der Waals surface area contributed by atoms with Crippen molar-refractivity contribution in [2.45, 2.75) is 32.2 Å². The van der Waals surface area contributed by atoms with Crippen molar-refractivity contribution in [2.24, 2.45) is 0 Å². The molecule has 0 aliphatic heterocycles. The van der Waals surface area contributed by atoms with Gasteiger partial charge in [-0.05, 0) is 43.2 Å². The number of rotatable bonds is 12. The molecule has 1 heterocycles. The minimum absolute atomic E-state index is 0.118. The predicted molar refractivity (Wildman–Crippen MR) is 119 cm³/mol. The summed E-state index contributed by atoms with van der Waals surface area (Å²) in [5.74, 6) is 2.53. The quantitative estimate of drug-likeness (QED) is 0.362. The van der Waals surface area contributed by atoms with Crippen molar-refractivity contribution in [1.29, 1.82) is 0 Å². The van der Waals surface area contributed by atoms with Crippen molar-refractivity contribution in [2.75, 3.05) is 20.3 Å². The Bertz CT molecular complexity index is 981. The largest absolute Gasteiger partial charge is 0.497 e. The molecule has 0 aliphatic rings. The first-order valence-electron chi connectivity index (χ1n) is 10.3. The van der Waals surface area contributed by atoms with Crippen LogP contribution in [0.3, 0.4) is 0 Å². The molecule has 0 bridgehead atoms. The zero-order chi connectivity index (χ0) is 21.2. The Hall–Kier alpha value is -3.28. The fourth-order valence-corrected chi connectivity index (χ4v) is 3.38. The van der Waals surface area contributed by atoms with Gasteiger partial charge in [-0.2, -0.15) is 0 Å². The van der Waals surface area contributed by atoms with Gasteiger partial charge < -0.3 is 19.4 Å². The molecule has 0 saturated carbocycles. The Morgan fingerprint density at radius 2 is 1.97 bits per heavy atom. The summed E-state index contributed by atoms with van der Waals surface area (Å²) in [4.78, 5) is 16.0. The van der Waals surface area contributed by atoms with Crippen molar-refractivity contribution >= 4 is 16.9 Å². The van der Waals surface area contributed by atoms with E-state index in [-0.39, 0.29) is 5.91 Å². The number of nitrogens with one attached hydrogen (secondary N) is 1. The first-order chi connectivity index (χ1) is 14.7. The minimum Gasteiger partial charge on any atom is -0.497 e. The van der Waals surface area contributed by atoms with Gasteiger partial charge in [0.15, 0.2) is 0 Å². The number of carbonyl (C=O) groups is 1. The van der Waals surface area contributed by atoms with Gasteiger partial charge in [0.25, 0.3) is 0 Å². The SMILES string of the molecule is C=CC(=O)NCCCCCc1nc2ccccc2n1CCOc1cccc(OC)c1. The highest BCUT2D eigenvalue weighted by atomic mass is 16.5. The summed E-state index contributed by atoms with van der Waals surface area (Å²) in [5.41, 5.74) is 2.13. The van der Waals surface area contributed by atoms with Crippen LogP contribution in [-0.4, -0.2) is 35.7 Å². The molecule has 1 aromatic heterocycles. The molecule has 0 aliphatic carbocycles. The lowest BCUT2D eigenvalue weighted by atomic mass is 10.2. The van der Waals surface area contributed by atoms with E-state index in [1.807, 2.05) is 42.5 Å². The van der Waals surface area contributed by atoms with Gasteiger partial charge in [0, 0.05) is 19.0 Å². The predicted octanol–water partition coefficient (Wildman–Crippen LogP) is 4.14. The number of unbranched alkanes of at least 4 members (excludes halogenated alkanes) is 2. The normalized spacial score (nSPS) is 10.7. The zero-order valence-electron chi connectivity index (χ0n) is 17.5. The van der Waals surface area contributed by atoms with Crippen LogP contribution < -0.4 is 14.8 Å². The van der Waals surface area contributed by atoms with Gasteiger partial charge in [-0.3, -0.25) is 4.79 Å². The van der Waals surface area contributed by atoms with Gasteiger partial charge in [-0.1, -0.05) is 31.2 Å². The van der Waals surface area contributed by atoms with Crippen LogP contribution in [0.15, 0.2) is 61.2 Å². The molecule has 0 fully saturated rings. The molecule has 6 nitrogen and oxygen atoms in total. The summed E-state index contributed by atoms with van der Waals surface area (Å²) in [5, 5.41) is 2.81. The fraction of sp³-hybridized carbons (Fsp3) is 0.333. The molecule has 1 N–H and O–H groups in total. The van der Waals surface area contributed by atoms with Crippen LogP contribution in [0.2, 0.25) is 0 Å². The Morgan fingerprint density at radius 3 is 2.80 bits per heavy atom.